The van der Waals surface area contributed by atoms with Crippen molar-refractivity contribution in [3.63, 3.8) is 0 Å². The molecule has 0 nitrogen and oxygen atoms in total. The van der Waals surface area contributed by atoms with Crippen LogP contribution in [0.5, 0.6) is 0 Å². The van der Waals surface area contributed by atoms with Crippen LogP contribution in [0.25, 0.3) is 0 Å². The summed E-state index contributed by atoms with van der Waals surface area (Å²) in [5.74, 6) is 0. The van der Waals surface area contributed by atoms with Gasteiger partial charge in [-0.3, -0.25) is 0 Å². The van der Waals surface area contributed by atoms with Crippen molar-refractivity contribution >= 4 is 23.5 Å². The molecule has 0 atom stereocenters. The van der Waals surface area contributed by atoms with E-state index >= 15 is 0 Å². The molecule has 2 aliphatic heterocycles. The predicted molar refractivity (Wildman–Crippen MR) is 25.3 cm³/mol. The molecule has 3 aliphatic rings. The van der Waals surface area contributed by atoms with Gasteiger partial charge >= 0.3 is 0 Å². The number of rotatable bonds is 0. The maximum absolute atomic E-state index is 2.16. The van der Waals surface area contributed by atoms with Crippen LogP contribution in [0.1, 0.15) is 6.42 Å². The van der Waals surface area contributed by atoms with Crippen molar-refractivity contribution in [2.24, 2.45) is 0 Å². The summed E-state index contributed by atoms with van der Waals surface area (Å²) in [6.07, 6.45) is 1.55. The first-order chi connectivity index (χ1) is 2.37. The molecular weight excluding hydrogens is 100 g/mol. The molecule has 3 fully saturated rings. The minimum Gasteiger partial charge on any atom is -0.121 e. The van der Waals surface area contributed by atoms with Crippen LogP contribution >= 0.6 is 23.5 Å². The molecule has 0 spiro atoms. The molecule has 0 radical (unpaired) electrons. The Kier molecular flexibility index (Phi) is 0.111. The van der Waals surface area contributed by atoms with Gasteiger partial charge in [-0.05, 0) is 6.42 Å². The Morgan fingerprint density at radius 3 is 1.40 bits per heavy atom. The summed E-state index contributed by atoms with van der Waals surface area (Å²) in [4.78, 5) is 0. The average Bonchev–Trinajstić information content (AvgIpc) is 1.30. The molecule has 2 heterocycles. The van der Waals surface area contributed by atoms with Gasteiger partial charge < -0.3 is 0 Å². The highest BCUT2D eigenvalue weighted by molar-refractivity contribution is 8.50. The van der Waals surface area contributed by atoms with Gasteiger partial charge in [0.05, 0.1) is 8.16 Å². The fraction of sp³-hybridized carbons (Fsp3) is 1.00. The average molecular weight is 102 g/mol. The predicted octanol–water partition coefficient (Wildman–Crippen LogP) is 1.28. The Balaban J connectivity index is 2.58. The molecule has 0 aromatic rings. The minimum atomic E-state index is 0.896. The Bertz CT molecular complexity index is 86.3. The summed E-state index contributed by atoms with van der Waals surface area (Å²) in [6, 6.07) is 0. The lowest BCUT2D eigenvalue weighted by atomic mass is 10.9. The zero-order valence-corrected chi connectivity index (χ0v) is 4.16. The molecule has 0 amide bonds. The fourth-order valence-electron chi connectivity index (χ4n) is 0.735. The van der Waals surface area contributed by atoms with Crippen molar-refractivity contribution in [1.82, 2.24) is 0 Å². The van der Waals surface area contributed by atoms with E-state index in [0.717, 1.165) is 8.16 Å². The van der Waals surface area contributed by atoms with Crippen molar-refractivity contribution in [2.75, 3.05) is 0 Å². The first kappa shape index (κ1) is 2.12. The van der Waals surface area contributed by atoms with E-state index in [0.29, 0.717) is 0 Å². The highest BCUT2D eigenvalue weighted by Gasteiger charge is 3.02. The van der Waals surface area contributed by atoms with Gasteiger partial charge in [0.1, 0.15) is 0 Å². The topological polar surface area (TPSA) is 0 Å². The summed E-state index contributed by atoms with van der Waals surface area (Å²) in [5, 5.41) is 0. The lowest BCUT2D eigenvalue weighted by Gasteiger charge is -2.01. The molecule has 0 bridgehead atoms. The van der Waals surface area contributed by atoms with Gasteiger partial charge in [-0.15, -0.1) is 23.5 Å². The minimum absolute atomic E-state index is 0.896. The molecule has 1 saturated carbocycles. The standard InChI is InChI=1S/C3H2S2/c1-2-3(1,4-2)5-2/h1H2. The molecule has 26 valence electrons. The number of thioether (sulfide) groups is 2. The Labute approximate surface area is 38.7 Å². The van der Waals surface area contributed by atoms with E-state index in [1.54, 1.807) is 6.42 Å². The lowest BCUT2D eigenvalue weighted by molar-refractivity contribution is 1.35. The summed E-state index contributed by atoms with van der Waals surface area (Å²) >= 11 is 4.32. The van der Waals surface area contributed by atoms with Gasteiger partial charge in [-0.2, -0.15) is 0 Å². The van der Waals surface area contributed by atoms with E-state index in [9.17, 15) is 0 Å². The van der Waals surface area contributed by atoms with Crippen LogP contribution in [0.3, 0.4) is 0 Å². The molecule has 0 aromatic carbocycles. The van der Waals surface area contributed by atoms with Crippen molar-refractivity contribution < 1.29 is 0 Å². The zero-order valence-electron chi connectivity index (χ0n) is 2.52. The van der Waals surface area contributed by atoms with Gasteiger partial charge in [-0.25, -0.2) is 0 Å². The van der Waals surface area contributed by atoms with E-state index in [-0.39, 0.29) is 0 Å². The molecule has 5 heavy (non-hydrogen) atoms. The molecule has 0 unspecified atom stereocenters. The Morgan fingerprint density at radius 2 is 1.40 bits per heavy atom. The second kappa shape index (κ2) is 0.261. The molecular formula is C3H2S2. The smallest absolute Gasteiger partial charge is 0.0901 e. The second-order valence-corrected chi connectivity index (χ2v) is 5.60. The van der Waals surface area contributed by atoms with Crippen molar-refractivity contribution in [2.45, 2.75) is 14.6 Å². The van der Waals surface area contributed by atoms with E-state index in [4.69, 9.17) is 0 Å². The van der Waals surface area contributed by atoms with Crippen LogP contribution in [-0.2, 0) is 0 Å². The largest absolute Gasteiger partial charge is 0.121 e. The summed E-state index contributed by atoms with van der Waals surface area (Å²) in [5.41, 5.74) is 0. The Morgan fingerprint density at radius 1 is 1.20 bits per heavy atom. The van der Waals surface area contributed by atoms with E-state index in [1.807, 2.05) is 0 Å². The van der Waals surface area contributed by atoms with Crippen LogP contribution in [0.4, 0.5) is 0 Å². The van der Waals surface area contributed by atoms with Gasteiger partial charge in [0, 0.05) is 0 Å². The van der Waals surface area contributed by atoms with E-state index in [2.05, 4.69) is 23.5 Å². The van der Waals surface area contributed by atoms with E-state index < -0.39 is 0 Å². The van der Waals surface area contributed by atoms with Gasteiger partial charge in [0.25, 0.3) is 0 Å². The Hall–Kier alpha value is 0.700. The number of hydrogen-bond donors (Lipinski definition) is 0. The van der Waals surface area contributed by atoms with Crippen LogP contribution in [-0.4, -0.2) is 8.16 Å². The molecule has 0 N–H and O–H groups in total. The van der Waals surface area contributed by atoms with Crippen molar-refractivity contribution in [3.05, 3.63) is 0 Å². The van der Waals surface area contributed by atoms with Crippen LogP contribution in [0.15, 0.2) is 0 Å². The lowest BCUT2D eigenvalue weighted by Crippen LogP contribution is -1.83. The summed E-state index contributed by atoms with van der Waals surface area (Å²) < 4.78 is 1.79. The first-order valence-corrected chi connectivity index (χ1v) is 3.41. The molecule has 2 saturated heterocycles. The van der Waals surface area contributed by atoms with Gasteiger partial charge in [0.2, 0.25) is 0 Å². The zero-order chi connectivity index (χ0) is 3.12. The number of hydrogen-bond acceptors (Lipinski definition) is 2. The second-order valence-electron chi connectivity index (χ2n) is 1.89. The van der Waals surface area contributed by atoms with Crippen LogP contribution in [0.2, 0.25) is 0 Å². The maximum atomic E-state index is 2.16. The molecule has 3 rings (SSSR count). The molecule has 0 aromatic heterocycles. The van der Waals surface area contributed by atoms with Gasteiger partial charge in [0.15, 0.2) is 0 Å². The maximum Gasteiger partial charge on any atom is 0.0901 e. The van der Waals surface area contributed by atoms with Crippen LogP contribution < -0.4 is 0 Å². The SMILES string of the molecule is C1C23SC12S3. The summed E-state index contributed by atoms with van der Waals surface area (Å²) in [7, 11) is 0. The van der Waals surface area contributed by atoms with Crippen LogP contribution in [0, 0.1) is 0 Å². The fourth-order valence-corrected chi connectivity index (χ4v) is 4.02. The van der Waals surface area contributed by atoms with Gasteiger partial charge in [-0.1, -0.05) is 0 Å². The monoisotopic (exact) mass is 102 g/mol. The first-order valence-electron chi connectivity index (χ1n) is 1.77. The third-order valence-electron chi connectivity index (χ3n) is 1.50. The molecule has 1 aliphatic carbocycles. The van der Waals surface area contributed by atoms with Crippen molar-refractivity contribution in [3.8, 4) is 0 Å². The molecule has 2 heteroatoms. The summed E-state index contributed by atoms with van der Waals surface area (Å²) in [6.45, 7) is 0. The highest BCUT2D eigenvalue weighted by Crippen LogP contribution is 3.10. The normalized spacial score (nSPS) is 91.2. The van der Waals surface area contributed by atoms with Crippen molar-refractivity contribution in [1.29, 1.82) is 0 Å². The van der Waals surface area contributed by atoms with E-state index in [1.165, 1.54) is 0 Å². The third-order valence-corrected chi connectivity index (χ3v) is 5.64. The highest BCUT2D eigenvalue weighted by atomic mass is 32.3. The third kappa shape index (κ3) is 0.0728. The quantitative estimate of drug-likeness (QED) is 0.422.